The third-order valence-corrected chi connectivity index (χ3v) is 6.27. The Kier molecular flexibility index (Phi) is 3.75. The van der Waals surface area contributed by atoms with Crippen LogP contribution in [0.25, 0.3) is 0 Å². The highest BCUT2D eigenvalue weighted by Gasteiger charge is 2.42. The molecule has 1 saturated carbocycles. The topological polar surface area (TPSA) is 57.7 Å². The Hall–Kier alpha value is -1.40. The lowest BCUT2D eigenvalue weighted by Gasteiger charge is -2.34. The van der Waals surface area contributed by atoms with Gasteiger partial charge in [0.1, 0.15) is 0 Å². The van der Waals surface area contributed by atoms with Crippen LogP contribution in [-0.2, 0) is 14.8 Å². The molecule has 1 saturated heterocycles. The minimum atomic E-state index is -3.43. The number of amides is 1. The van der Waals surface area contributed by atoms with Crippen LogP contribution >= 0.6 is 0 Å². The van der Waals surface area contributed by atoms with Gasteiger partial charge in [-0.2, -0.15) is 4.31 Å². The highest BCUT2D eigenvalue weighted by molar-refractivity contribution is 7.89. The molecule has 1 aliphatic carbocycles. The molecule has 1 aromatic carbocycles. The van der Waals surface area contributed by atoms with E-state index in [1.165, 1.54) is 4.31 Å². The average molecular weight is 308 g/mol. The van der Waals surface area contributed by atoms with Crippen molar-refractivity contribution in [2.75, 3.05) is 26.2 Å². The van der Waals surface area contributed by atoms with Crippen LogP contribution in [-0.4, -0.2) is 49.7 Å². The molecule has 3 rings (SSSR count). The molecule has 1 heterocycles. The van der Waals surface area contributed by atoms with E-state index in [0.29, 0.717) is 37.0 Å². The van der Waals surface area contributed by atoms with Crippen LogP contribution < -0.4 is 0 Å². The number of carbonyl (C=O) groups is 1. The molecule has 0 radical (unpaired) electrons. The van der Waals surface area contributed by atoms with E-state index in [9.17, 15) is 13.2 Å². The number of piperazine rings is 1. The fourth-order valence-electron chi connectivity index (χ4n) is 2.79. The number of hydrogen-bond acceptors (Lipinski definition) is 3. The second-order valence-corrected chi connectivity index (χ2v) is 7.80. The highest BCUT2D eigenvalue weighted by atomic mass is 32.2. The molecule has 0 aromatic heterocycles. The first kappa shape index (κ1) is 14.5. The largest absolute Gasteiger partial charge is 0.340 e. The van der Waals surface area contributed by atoms with Gasteiger partial charge in [0.2, 0.25) is 15.9 Å². The predicted octanol–water partition coefficient (Wildman–Crippen LogP) is 1.18. The van der Waals surface area contributed by atoms with Gasteiger partial charge in [-0.3, -0.25) is 4.79 Å². The molecule has 6 heteroatoms. The van der Waals surface area contributed by atoms with E-state index in [2.05, 4.69) is 6.92 Å². The van der Waals surface area contributed by atoms with E-state index in [1.54, 1.807) is 30.3 Å². The van der Waals surface area contributed by atoms with Gasteiger partial charge in [-0.1, -0.05) is 25.1 Å². The minimum absolute atomic E-state index is 0.169. The molecule has 2 atom stereocenters. The Morgan fingerprint density at radius 1 is 1.10 bits per heavy atom. The molecular weight excluding hydrogens is 288 g/mol. The maximum absolute atomic E-state index is 12.5. The van der Waals surface area contributed by atoms with Crippen LogP contribution in [0.5, 0.6) is 0 Å². The average Bonchev–Trinajstić information content (AvgIpc) is 3.24. The zero-order valence-corrected chi connectivity index (χ0v) is 12.9. The normalized spacial score (nSPS) is 26.6. The van der Waals surface area contributed by atoms with Crippen molar-refractivity contribution in [1.29, 1.82) is 0 Å². The monoisotopic (exact) mass is 308 g/mol. The molecule has 1 amide bonds. The van der Waals surface area contributed by atoms with E-state index in [1.807, 2.05) is 4.90 Å². The molecule has 1 aromatic rings. The first-order valence-electron chi connectivity index (χ1n) is 7.34. The maximum atomic E-state index is 12.5. The third-order valence-electron chi connectivity index (χ3n) is 4.36. The van der Waals surface area contributed by atoms with Crippen LogP contribution in [0.3, 0.4) is 0 Å². The number of carbonyl (C=O) groups excluding carboxylic acids is 1. The number of hydrogen-bond donors (Lipinski definition) is 0. The summed E-state index contributed by atoms with van der Waals surface area (Å²) in [6.45, 7) is 3.83. The Morgan fingerprint density at radius 2 is 1.67 bits per heavy atom. The highest BCUT2D eigenvalue weighted by Crippen LogP contribution is 2.39. The quantitative estimate of drug-likeness (QED) is 0.842. The van der Waals surface area contributed by atoms with Crippen molar-refractivity contribution in [3.8, 4) is 0 Å². The Labute approximate surface area is 125 Å². The van der Waals surface area contributed by atoms with Gasteiger partial charge >= 0.3 is 0 Å². The van der Waals surface area contributed by atoms with Gasteiger partial charge in [0.25, 0.3) is 0 Å². The van der Waals surface area contributed by atoms with Crippen molar-refractivity contribution >= 4 is 15.9 Å². The second kappa shape index (κ2) is 5.42. The minimum Gasteiger partial charge on any atom is -0.340 e. The van der Waals surface area contributed by atoms with Crippen molar-refractivity contribution in [2.45, 2.75) is 18.2 Å². The zero-order valence-electron chi connectivity index (χ0n) is 12.1. The van der Waals surface area contributed by atoms with E-state index < -0.39 is 10.0 Å². The van der Waals surface area contributed by atoms with Gasteiger partial charge in [0, 0.05) is 32.1 Å². The van der Waals surface area contributed by atoms with Crippen molar-refractivity contribution in [3.05, 3.63) is 30.3 Å². The number of nitrogens with zero attached hydrogens (tertiary/aromatic N) is 2. The molecule has 2 unspecified atom stereocenters. The lowest BCUT2D eigenvalue weighted by Crippen LogP contribution is -2.51. The van der Waals surface area contributed by atoms with Gasteiger partial charge in [-0.15, -0.1) is 0 Å². The van der Waals surface area contributed by atoms with Crippen molar-refractivity contribution in [2.24, 2.45) is 11.8 Å². The summed E-state index contributed by atoms with van der Waals surface area (Å²) >= 11 is 0. The smallest absolute Gasteiger partial charge is 0.243 e. The summed E-state index contributed by atoms with van der Waals surface area (Å²) in [5.41, 5.74) is 0. The molecule has 114 valence electrons. The number of rotatable bonds is 3. The summed E-state index contributed by atoms with van der Waals surface area (Å²) in [5, 5.41) is 0. The molecule has 21 heavy (non-hydrogen) atoms. The number of sulfonamides is 1. The van der Waals surface area contributed by atoms with E-state index in [4.69, 9.17) is 0 Å². The molecule has 5 nitrogen and oxygen atoms in total. The molecule has 0 spiro atoms. The summed E-state index contributed by atoms with van der Waals surface area (Å²) in [6.07, 6.45) is 0.974. The third kappa shape index (κ3) is 2.82. The molecule has 2 aliphatic rings. The van der Waals surface area contributed by atoms with E-state index >= 15 is 0 Å². The first-order chi connectivity index (χ1) is 10.00. The van der Waals surface area contributed by atoms with Gasteiger partial charge in [-0.05, 0) is 24.5 Å². The Bertz CT molecular complexity index is 622. The van der Waals surface area contributed by atoms with Crippen LogP contribution in [0.2, 0.25) is 0 Å². The first-order valence-corrected chi connectivity index (χ1v) is 8.78. The Balaban J connectivity index is 1.64. The summed E-state index contributed by atoms with van der Waals surface area (Å²) in [5.74, 6) is 0.852. The molecular formula is C15H20N2O3S. The second-order valence-electron chi connectivity index (χ2n) is 5.86. The lowest BCUT2D eigenvalue weighted by molar-refractivity contribution is -0.134. The van der Waals surface area contributed by atoms with Crippen LogP contribution in [0, 0.1) is 11.8 Å². The maximum Gasteiger partial charge on any atom is 0.243 e. The van der Waals surface area contributed by atoms with Crippen LogP contribution in [0.15, 0.2) is 35.2 Å². The zero-order chi connectivity index (χ0) is 15.0. The van der Waals surface area contributed by atoms with E-state index in [0.717, 1.165) is 6.42 Å². The summed E-state index contributed by atoms with van der Waals surface area (Å²) in [7, 11) is -3.43. The molecule has 1 aliphatic heterocycles. The molecule has 0 bridgehead atoms. The summed E-state index contributed by atoms with van der Waals surface area (Å²) in [4.78, 5) is 14.3. The van der Waals surface area contributed by atoms with E-state index in [-0.39, 0.29) is 11.8 Å². The summed E-state index contributed by atoms with van der Waals surface area (Å²) in [6, 6.07) is 8.46. The Morgan fingerprint density at radius 3 is 2.19 bits per heavy atom. The predicted molar refractivity (Wildman–Crippen MR) is 79.1 cm³/mol. The molecule has 2 fully saturated rings. The van der Waals surface area contributed by atoms with Gasteiger partial charge < -0.3 is 4.90 Å². The number of benzene rings is 1. The van der Waals surface area contributed by atoms with Crippen LogP contribution in [0.1, 0.15) is 13.3 Å². The molecule has 0 N–H and O–H groups in total. The fourth-order valence-corrected chi connectivity index (χ4v) is 4.23. The van der Waals surface area contributed by atoms with Crippen molar-refractivity contribution in [1.82, 2.24) is 9.21 Å². The summed E-state index contributed by atoms with van der Waals surface area (Å²) < 4.78 is 26.4. The SMILES string of the molecule is CC1CC1C(=O)N1CCN(S(=O)(=O)c2ccccc2)CC1. The van der Waals surface area contributed by atoms with Gasteiger partial charge in [-0.25, -0.2) is 8.42 Å². The lowest BCUT2D eigenvalue weighted by atomic mass is 10.2. The van der Waals surface area contributed by atoms with Crippen molar-refractivity contribution in [3.63, 3.8) is 0 Å². The fraction of sp³-hybridized carbons (Fsp3) is 0.533. The standard InChI is InChI=1S/C15H20N2O3S/c1-12-11-14(12)15(18)16-7-9-17(10-8-16)21(19,20)13-5-3-2-4-6-13/h2-6,12,14H,7-11H2,1H3. The van der Waals surface area contributed by atoms with Gasteiger partial charge in [0.05, 0.1) is 4.90 Å². The van der Waals surface area contributed by atoms with Crippen molar-refractivity contribution < 1.29 is 13.2 Å². The van der Waals surface area contributed by atoms with Gasteiger partial charge in [0.15, 0.2) is 0 Å². The van der Waals surface area contributed by atoms with Crippen LogP contribution in [0.4, 0.5) is 0 Å².